The highest BCUT2D eigenvalue weighted by Crippen LogP contribution is 2.25. The monoisotopic (exact) mass is 520 g/mol. The summed E-state index contributed by atoms with van der Waals surface area (Å²) in [5, 5.41) is 16.5. The van der Waals surface area contributed by atoms with Gasteiger partial charge in [-0.15, -0.1) is 11.6 Å². The average Bonchev–Trinajstić information content (AvgIpc) is 2.83. The van der Waals surface area contributed by atoms with E-state index in [-0.39, 0.29) is 46.1 Å². The molecule has 2 N–H and O–H groups in total. The van der Waals surface area contributed by atoms with E-state index >= 15 is 0 Å². The summed E-state index contributed by atoms with van der Waals surface area (Å²) in [7, 11) is 0. The maximum atomic E-state index is 11.7. The molecule has 0 rings (SSSR count). The zero-order valence-electron chi connectivity index (χ0n) is 21.3. The van der Waals surface area contributed by atoms with E-state index in [1.165, 1.54) is 13.8 Å². The molecule has 0 aliphatic carbocycles. The standard InChI is InChI=1S/C12H18O5.C8H14O4.C4H5ClO/c1-4-16-10(14)12(3,8-6-7-9-13)11(15)17-5-2;1-4-11-7(9)6(3)8(10)12-5-2;5-3-1-2-4-6/h13H,4-5,8-9H2,1-3H3;6H,4-5H2,1-3H3;6H,3-4H2. The SMILES string of the molecule is CCOC(=O)C(C)(CC#CCO)C(=O)OCC.CCOC(=O)C(C)C(=O)OCC.OCC#CCCl. The third-order valence-electron chi connectivity index (χ3n) is 3.65. The number of hydrogen-bond acceptors (Lipinski definition) is 10. The van der Waals surface area contributed by atoms with Crippen LogP contribution < -0.4 is 0 Å². The third kappa shape index (κ3) is 18.2. The summed E-state index contributed by atoms with van der Waals surface area (Å²) in [6.45, 7) is 10.1. The van der Waals surface area contributed by atoms with Crippen molar-refractivity contribution in [2.45, 2.75) is 48.0 Å². The predicted molar refractivity (Wildman–Crippen MR) is 129 cm³/mol. The van der Waals surface area contributed by atoms with Crippen molar-refractivity contribution in [2.75, 3.05) is 45.5 Å². The fraction of sp³-hybridized carbons (Fsp3) is 0.667. The molecule has 0 saturated heterocycles. The first-order valence-corrected chi connectivity index (χ1v) is 11.5. The molecule has 0 unspecified atom stereocenters. The van der Waals surface area contributed by atoms with E-state index in [9.17, 15) is 19.2 Å². The van der Waals surface area contributed by atoms with Gasteiger partial charge in [0, 0.05) is 6.42 Å². The van der Waals surface area contributed by atoms with Gasteiger partial charge in [-0.3, -0.25) is 19.2 Å². The molecule has 0 atom stereocenters. The number of carbonyl (C=O) groups excluding carboxylic acids is 4. The summed E-state index contributed by atoms with van der Waals surface area (Å²) in [5.74, 6) is 6.88. The van der Waals surface area contributed by atoms with Crippen LogP contribution in [-0.4, -0.2) is 79.6 Å². The fourth-order valence-electron chi connectivity index (χ4n) is 1.84. The molecule has 0 bridgehead atoms. The first-order valence-electron chi connectivity index (χ1n) is 10.9. The lowest BCUT2D eigenvalue weighted by Gasteiger charge is -2.22. The van der Waals surface area contributed by atoms with Crippen LogP contribution in [0.4, 0.5) is 0 Å². The Bertz CT molecular complexity index is 699. The molecule has 35 heavy (non-hydrogen) atoms. The van der Waals surface area contributed by atoms with Crippen LogP contribution in [0.2, 0.25) is 0 Å². The Morgan fingerprint density at radius 1 is 0.743 bits per heavy atom. The van der Waals surface area contributed by atoms with Crippen LogP contribution in [-0.2, 0) is 38.1 Å². The van der Waals surface area contributed by atoms with Crippen molar-refractivity contribution >= 4 is 35.5 Å². The molecule has 0 aromatic heterocycles. The zero-order valence-corrected chi connectivity index (χ0v) is 22.0. The van der Waals surface area contributed by atoms with Crippen molar-refractivity contribution < 1.29 is 48.3 Å². The van der Waals surface area contributed by atoms with Gasteiger partial charge in [0.1, 0.15) is 13.2 Å². The number of aliphatic hydroxyl groups is 2. The highest BCUT2D eigenvalue weighted by molar-refractivity contribution is 6.19. The number of ether oxygens (including phenoxy) is 4. The van der Waals surface area contributed by atoms with Crippen molar-refractivity contribution in [1.82, 2.24) is 0 Å². The van der Waals surface area contributed by atoms with Gasteiger partial charge >= 0.3 is 23.9 Å². The van der Waals surface area contributed by atoms with Gasteiger partial charge in [0.15, 0.2) is 11.3 Å². The molecule has 0 aliphatic rings. The number of hydrogen-bond donors (Lipinski definition) is 2. The summed E-state index contributed by atoms with van der Waals surface area (Å²) in [5.41, 5.74) is -1.44. The van der Waals surface area contributed by atoms with Crippen molar-refractivity contribution in [3.05, 3.63) is 0 Å². The molecule has 0 spiro atoms. The van der Waals surface area contributed by atoms with E-state index in [0.29, 0.717) is 5.88 Å². The van der Waals surface area contributed by atoms with Crippen LogP contribution in [0.3, 0.4) is 0 Å². The summed E-state index contributed by atoms with van der Waals surface area (Å²) in [6, 6.07) is 0. The molecule has 0 amide bonds. The van der Waals surface area contributed by atoms with Crippen molar-refractivity contribution in [3.63, 3.8) is 0 Å². The third-order valence-corrected chi connectivity index (χ3v) is 3.78. The fourth-order valence-corrected chi connectivity index (χ4v) is 1.93. The second-order valence-corrected chi connectivity index (χ2v) is 6.60. The van der Waals surface area contributed by atoms with Gasteiger partial charge in [-0.1, -0.05) is 23.7 Å². The molecule has 200 valence electrons. The molecule has 0 aromatic rings. The number of alkyl halides is 1. The van der Waals surface area contributed by atoms with E-state index in [1.54, 1.807) is 27.7 Å². The van der Waals surface area contributed by atoms with Crippen LogP contribution in [0.25, 0.3) is 0 Å². The molecule has 10 nitrogen and oxygen atoms in total. The van der Waals surface area contributed by atoms with Crippen LogP contribution in [0.15, 0.2) is 0 Å². The molecule has 0 fully saturated rings. The number of aliphatic hydroxyl groups excluding tert-OH is 2. The summed E-state index contributed by atoms with van der Waals surface area (Å²) >= 11 is 5.10. The topological polar surface area (TPSA) is 146 Å². The molecular formula is C24H37ClO10. The summed E-state index contributed by atoms with van der Waals surface area (Å²) < 4.78 is 18.9. The summed E-state index contributed by atoms with van der Waals surface area (Å²) in [4.78, 5) is 45.3. The Kier molecular flexibility index (Phi) is 25.6. The van der Waals surface area contributed by atoms with Crippen LogP contribution in [0.1, 0.15) is 48.0 Å². The van der Waals surface area contributed by atoms with Crippen molar-refractivity contribution in [2.24, 2.45) is 11.3 Å². The molecule has 11 heteroatoms. The zero-order chi connectivity index (χ0) is 27.7. The Morgan fingerprint density at radius 3 is 1.40 bits per heavy atom. The van der Waals surface area contributed by atoms with E-state index in [0.717, 1.165) is 0 Å². The van der Waals surface area contributed by atoms with Gasteiger partial charge in [0.05, 0.1) is 32.3 Å². The van der Waals surface area contributed by atoms with E-state index in [2.05, 4.69) is 33.2 Å². The maximum Gasteiger partial charge on any atom is 0.324 e. The number of rotatable bonds is 9. The maximum absolute atomic E-state index is 11.7. The van der Waals surface area contributed by atoms with Gasteiger partial charge in [0.25, 0.3) is 0 Å². The molecule has 0 saturated carbocycles. The minimum atomic E-state index is -1.44. The molecular weight excluding hydrogens is 484 g/mol. The largest absolute Gasteiger partial charge is 0.465 e. The van der Waals surface area contributed by atoms with Gasteiger partial charge in [-0.25, -0.2) is 0 Å². The first kappa shape index (κ1) is 36.8. The minimum Gasteiger partial charge on any atom is -0.465 e. The number of carbonyl (C=O) groups is 4. The van der Waals surface area contributed by atoms with Crippen molar-refractivity contribution in [3.8, 4) is 23.7 Å². The smallest absolute Gasteiger partial charge is 0.324 e. The number of halogens is 1. The normalized spacial score (nSPS) is 9.31. The molecule has 0 aromatic carbocycles. The van der Waals surface area contributed by atoms with Gasteiger partial charge in [-0.2, -0.15) is 0 Å². The molecule has 0 radical (unpaired) electrons. The predicted octanol–water partition coefficient (Wildman–Crippen LogP) is 1.47. The summed E-state index contributed by atoms with van der Waals surface area (Å²) in [6.07, 6.45) is -0.0365. The molecule has 0 aliphatic heterocycles. The first-order chi connectivity index (χ1) is 16.6. The molecule has 0 heterocycles. The Hall–Kier alpha value is -2.79. The highest BCUT2D eigenvalue weighted by Gasteiger charge is 2.43. The lowest BCUT2D eigenvalue weighted by atomic mass is 9.87. The quantitative estimate of drug-likeness (QED) is 0.151. The van der Waals surface area contributed by atoms with E-state index in [1.807, 2.05) is 0 Å². The lowest BCUT2D eigenvalue weighted by Crippen LogP contribution is -2.39. The Morgan fingerprint density at radius 2 is 1.11 bits per heavy atom. The second kappa shape index (κ2) is 24.3. The van der Waals surface area contributed by atoms with Crippen molar-refractivity contribution in [1.29, 1.82) is 0 Å². The Labute approximate surface area is 212 Å². The van der Waals surface area contributed by atoms with Gasteiger partial charge in [0.2, 0.25) is 0 Å². The Balaban J connectivity index is -0.000000493. The van der Waals surface area contributed by atoms with E-state index in [4.69, 9.17) is 31.3 Å². The lowest BCUT2D eigenvalue weighted by molar-refractivity contribution is -0.170. The highest BCUT2D eigenvalue weighted by atomic mass is 35.5. The van der Waals surface area contributed by atoms with Gasteiger partial charge in [-0.05, 0) is 41.5 Å². The van der Waals surface area contributed by atoms with Crippen LogP contribution in [0, 0.1) is 35.0 Å². The second-order valence-electron chi connectivity index (χ2n) is 6.33. The minimum absolute atomic E-state index is 0.0365. The average molecular weight is 521 g/mol. The van der Waals surface area contributed by atoms with Gasteiger partial charge < -0.3 is 29.2 Å². The van der Waals surface area contributed by atoms with Crippen LogP contribution in [0.5, 0.6) is 0 Å². The van der Waals surface area contributed by atoms with E-state index < -0.39 is 35.2 Å². The number of esters is 4. The van der Waals surface area contributed by atoms with Crippen LogP contribution >= 0.6 is 11.6 Å².